The standard InChI is InChI=1S/C14H20N4O2S/c1-5-6-15-9(3)13(19)17-11-8(2)7-21-12(11)14-16-10(4)18-20-14/h7,9,15H,5-6H2,1-4H3,(H,17,19). The maximum atomic E-state index is 12.2. The average molecular weight is 308 g/mol. The lowest BCUT2D eigenvalue weighted by molar-refractivity contribution is -0.117. The van der Waals surface area contributed by atoms with Gasteiger partial charge in [0.1, 0.15) is 4.88 Å². The first-order chi connectivity index (χ1) is 10.0. The van der Waals surface area contributed by atoms with Crippen LogP contribution in [0.25, 0.3) is 10.8 Å². The third kappa shape index (κ3) is 3.68. The van der Waals surface area contributed by atoms with Gasteiger partial charge in [0.05, 0.1) is 11.7 Å². The topological polar surface area (TPSA) is 80.0 Å². The molecule has 0 spiro atoms. The number of rotatable bonds is 6. The highest BCUT2D eigenvalue weighted by Gasteiger charge is 2.20. The van der Waals surface area contributed by atoms with Gasteiger partial charge in [0, 0.05) is 0 Å². The highest BCUT2D eigenvalue weighted by atomic mass is 32.1. The first kappa shape index (κ1) is 15.7. The normalized spacial score (nSPS) is 12.4. The van der Waals surface area contributed by atoms with Gasteiger partial charge in [-0.05, 0) is 44.7 Å². The van der Waals surface area contributed by atoms with Crippen LogP contribution < -0.4 is 10.6 Å². The van der Waals surface area contributed by atoms with Crippen LogP contribution in [-0.2, 0) is 4.79 Å². The number of nitrogens with one attached hydrogen (secondary N) is 2. The molecule has 114 valence electrons. The molecule has 0 saturated carbocycles. The Hall–Kier alpha value is -1.73. The molecule has 2 rings (SSSR count). The zero-order chi connectivity index (χ0) is 15.4. The van der Waals surface area contributed by atoms with Crippen molar-refractivity contribution in [3.8, 4) is 10.8 Å². The number of thiophene rings is 1. The lowest BCUT2D eigenvalue weighted by atomic mass is 10.2. The summed E-state index contributed by atoms with van der Waals surface area (Å²) in [6.45, 7) is 8.44. The fourth-order valence-electron chi connectivity index (χ4n) is 1.83. The third-order valence-corrected chi connectivity index (χ3v) is 4.12. The average Bonchev–Trinajstić information content (AvgIpc) is 3.03. The molecule has 0 radical (unpaired) electrons. The van der Waals surface area contributed by atoms with E-state index in [1.54, 1.807) is 6.92 Å². The summed E-state index contributed by atoms with van der Waals surface area (Å²) in [5, 5.41) is 11.9. The van der Waals surface area contributed by atoms with Crippen molar-refractivity contribution in [1.82, 2.24) is 15.5 Å². The van der Waals surface area contributed by atoms with Crippen molar-refractivity contribution < 1.29 is 9.32 Å². The molecule has 0 saturated heterocycles. The Labute approximate surface area is 127 Å². The molecule has 0 aliphatic carbocycles. The van der Waals surface area contributed by atoms with Gasteiger partial charge in [0.2, 0.25) is 5.91 Å². The molecule has 1 atom stereocenters. The molecular formula is C14H20N4O2S. The molecule has 2 N–H and O–H groups in total. The summed E-state index contributed by atoms with van der Waals surface area (Å²) in [5.41, 5.74) is 1.74. The molecule has 1 amide bonds. The summed E-state index contributed by atoms with van der Waals surface area (Å²) in [5.74, 6) is 0.948. The third-order valence-electron chi connectivity index (χ3n) is 3.04. The molecule has 0 fully saturated rings. The van der Waals surface area contributed by atoms with Crippen LogP contribution in [-0.4, -0.2) is 28.6 Å². The molecule has 7 heteroatoms. The number of carbonyl (C=O) groups is 1. The molecule has 0 aliphatic heterocycles. The molecular weight excluding hydrogens is 288 g/mol. The maximum Gasteiger partial charge on any atom is 0.270 e. The van der Waals surface area contributed by atoms with Gasteiger partial charge in [-0.3, -0.25) is 4.79 Å². The summed E-state index contributed by atoms with van der Waals surface area (Å²) in [7, 11) is 0. The van der Waals surface area contributed by atoms with Gasteiger partial charge in [-0.1, -0.05) is 12.1 Å². The number of aromatic nitrogens is 2. The quantitative estimate of drug-likeness (QED) is 0.857. The van der Waals surface area contributed by atoms with Crippen LogP contribution in [0.15, 0.2) is 9.90 Å². The van der Waals surface area contributed by atoms with E-state index in [0.29, 0.717) is 11.7 Å². The molecule has 2 heterocycles. The second-order valence-corrected chi connectivity index (χ2v) is 5.81. The first-order valence-corrected chi connectivity index (χ1v) is 7.84. The first-order valence-electron chi connectivity index (χ1n) is 6.96. The molecule has 0 aromatic carbocycles. The minimum atomic E-state index is -0.249. The van der Waals surface area contributed by atoms with Gasteiger partial charge in [-0.15, -0.1) is 11.3 Å². The number of aryl methyl sites for hydroxylation is 2. The highest BCUT2D eigenvalue weighted by Crippen LogP contribution is 2.36. The van der Waals surface area contributed by atoms with E-state index in [-0.39, 0.29) is 11.9 Å². The van der Waals surface area contributed by atoms with Crippen LogP contribution in [0.4, 0.5) is 5.69 Å². The summed E-state index contributed by atoms with van der Waals surface area (Å²) in [4.78, 5) is 17.2. The zero-order valence-corrected chi connectivity index (χ0v) is 13.5. The Kier molecular flexibility index (Phi) is 5.08. The Bertz CT molecular complexity index is 620. The molecule has 0 aliphatic rings. The van der Waals surface area contributed by atoms with Crippen LogP contribution in [0.2, 0.25) is 0 Å². The minimum absolute atomic E-state index is 0.0672. The predicted octanol–water partition coefficient (Wildman–Crippen LogP) is 2.74. The highest BCUT2D eigenvalue weighted by molar-refractivity contribution is 7.14. The fraction of sp³-hybridized carbons (Fsp3) is 0.500. The molecule has 1 unspecified atom stereocenters. The lowest BCUT2D eigenvalue weighted by Crippen LogP contribution is -2.38. The number of anilines is 1. The number of hydrogen-bond donors (Lipinski definition) is 2. The molecule has 21 heavy (non-hydrogen) atoms. The van der Waals surface area contributed by atoms with E-state index in [4.69, 9.17) is 4.52 Å². The van der Waals surface area contributed by atoms with E-state index < -0.39 is 0 Å². The van der Waals surface area contributed by atoms with Gasteiger partial charge in [0.15, 0.2) is 5.82 Å². The SMILES string of the molecule is CCCNC(C)C(=O)Nc1c(C)csc1-c1nc(C)no1. The summed E-state index contributed by atoms with van der Waals surface area (Å²) < 4.78 is 5.19. The van der Waals surface area contributed by atoms with Crippen molar-refractivity contribution in [2.45, 2.75) is 40.2 Å². The molecule has 2 aromatic rings. The number of hydrogen-bond acceptors (Lipinski definition) is 6. The largest absolute Gasteiger partial charge is 0.333 e. The lowest BCUT2D eigenvalue weighted by Gasteiger charge is -2.14. The van der Waals surface area contributed by atoms with Gasteiger partial charge < -0.3 is 15.2 Å². The van der Waals surface area contributed by atoms with Crippen molar-refractivity contribution in [2.75, 3.05) is 11.9 Å². The second kappa shape index (κ2) is 6.82. The van der Waals surface area contributed by atoms with Crippen LogP contribution in [0.1, 0.15) is 31.7 Å². The van der Waals surface area contributed by atoms with E-state index >= 15 is 0 Å². The fourth-order valence-corrected chi connectivity index (χ4v) is 2.76. The van der Waals surface area contributed by atoms with Crippen LogP contribution in [0.5, 0.6) is 0 Å². The van der Waals surface area contributed by atoms with Crippen LogP contribution in [0, 0.1) is 13.8 Å². The molecule has 2 aromatic heterocycles. The zero-order valence-electron chi connectivity index (χ0n) is 12.7. The summed E-state index contributed by atoms with van der Waals surface area (Å²) >= 11 is 1.48. The van der Waals surface area contributed by atoms with Crippen molar-refractivity contribution in [3.05, 3.63) is 16.8 Å². The summed E-state index contributed by atoms with van der Waals surface area (Å²) in [6, 6.07) is -0.249. The molecule has 6 nitrogen and oxygen atoms in total. The van der Waals surface area contributed by atoms with Crippen molar-refractivity contribution >= 4 is 22.9 Å². The Morgan fingerprint density at radius 2 is 2.24 bits per heavy atom. The van der Waals surface area contributed by atoms with Crippen molar-refractivity contribution in [3.63, 3.8) is 0 Å². The predicted molar refractivity (Wildman–Crippen MR) is 83.5 cm³/mol. The number of amides is 1. The number of nitrogens with zero attached hydrogens (tertiary/aromatic N) is 2. The molecule has 0 bridgehead atoms. The van der Waals surface area contributed by atoms with Gasteiger partial charge >= 0.3 is 0 Å². The minimum Gasteiger partial charge on any atom is -0.333 e. The Morgan fingerprint density at radius 3 is 2.86 bits per heavy atom. The van der Waals surface area contributed by atoms with E-state index in [2.05, 4.69) is 27.7 Å². The smallest absolute Gasteiger partial charge is 0.270 e. The van der Waals surface area contributed by atoms with Crippen LogP contribution in [0.3, 0.4) is 0 Å². The van der Waals surface area contributed by atoms with Crippen molar-refractivity contribution in [1.29, 1.82) is 0 Å². The van der Waals surface area contributed by atoms with E-state index in [0.717, 1.165) is 29.1 Å². The van der Waals surface area contributed by atoms with Gasteiger partial charge in [0.25, 0.3) is 5.89 Å². The Balaban J connectivity index is 2.17. The summed E-state index contributed by atoms with van der Waals surface area (Å²) in [6.07, 6.45) is 0.988. The Morgan fingerprint density at radius 1 is 1.48 bits per heavy atom. The van der Waals surface area contributed by atoms with Crippen molar-refractivity contribution in [2.24, 2.45) is 0 Å². The van der Waals surface area contributed by atoms with Gasteiger partial charge in [-0.2, -0.15) is 4.98 Å². The van der Waals surface area contributed by atoms with Gasteiger partial charge in [-0.25, -0.2) is 0 Å². The van der Waals surface area contributed by atoms with E-state index in [1.165, 1.54) is 11.3 Å². The van der Waals surface area contributed by atoms with Crippen LogP contribution >= 0.6 is 11.3 Å². The number of carbonyl (C=O) groups excluding carboxylic acids is 1. The second-order valence-electron chi connectivity index (χ2n) is 4.93. The van der Waals surface area contributed by atoms with E-state index in [1.807, 2.05) is 19.2 Å². The van der Waals surface area contributed by atoms with E-state index in [9.17, 15) is 4.79 Å². The monoisotopic (exact) mass is 308 g/mol. The maximum absolute atomic E-state index is 12.2.